The molecule has 1 aliphatic carbocycles. The van der Waals surface area contributed by atoms with Gasteiger partial charge >= 0.3 is 6.03 Å². The lowest BCUT2D eigenvalue weighted by Gasteiger charge is -2.24. The lowest BCUT2D eigenvalue weighted by molar-refractivity contribution is 0.0996. The second-order valence-corrected chi connectivity index (χ2v) is 10.5. The number of nitrogens with zero attached hydrogens (tertiary/aromatic N) is 12. The van der Waals surface area contributed by atoms with E-state index in [9.17, 15) is 14.5 Å². The summed E-state index contributed by atoms with van der Waals surface area (Å²) in [5.74, 6) is 1.84. The molecule has 2 heterocycles. The predicted octanol–water partition coefficient (Wildman–Crippen LogP) is 2.39. The molecule has 2 aromatic heterocycles. The highest BCUT2D eigenvalue weighted by molar-refractivity contribution is 6.18. The predicted molar refractivity (Wildman–Crippen MR) is 167 cm³/mol. The molecule has 0 unspecified atom stereocenters. The lowest BCUT2D eigenvalue weighted by atomic mass is 9.96. The maximum atomic E-state index is 11.5. The summed E-state index contributed by atoms with van der Waals surface area (Å²) in [4.78, 5) is 57.5. The van der Waals surface area contributed by atoms with E-state index in [2.05, 4.69) is 45.9 Å². The molecule has 0 atom stereocenters. The van der Waals surface area contributed by atoms with Gasteiger partial charge in [-0.3, -0.25) is 9.80 Å². The van der Waals surface area contributed by atoms with Gasteiger partial charge in [0.15, 0.2) is 11.5 Å². The summed E-state index contributed by atoms with van der Waals surface area (Å²) in [5, 5.41) is 15.2. The molecule has 19 heteroatoms. The van der Waals surface area contributed by atoms with Gasteiger partial charge in [-0.05, 0) is 12.8 Å². The van der Waals surface area contributed by atoms with E-state index in [1.54, 1.807) is 14.1 Å². The molecule has 18 nitrogen and oxygen atoms in total. The number of anilines is 3. The monoisotopic (exact) mass is 625 g/mol. The fourth-order valence-electron chi connectivity index (χ4n) is 3.38. The zero-order chi connectivity index (χ0) is 32.5. The first-order valence-corrected chi connectivity index (χ1v) is 14.0. The molecule has 0 aliphatic heterocycles. The van der Waals surface area contributed by atoms with Crippen LogP contribution in [0.5, 0.6) is 0 Å². The third-order valence-electron chi connectivity index (χ3n) is 5.54. The van der Waals surface area contributed by atoms with Gasteiger partial charge in [-0.15, -0.1) is 21.6 Å². The van der Waals surface area contributed by atoms with Gasteiger partial charge in [0.05, 0.1) is 18.2 Å². The van der Waals surface area contributed by atoms with Crippen molar-refractivity contribution >= 4 is 47.2 Å². The number of urea groups is 1. The maximum absolute atomic E-state index is 11.5. The van der Waals surface area contributed by atoms with Gasteiger partial charge < -0.3 is 30.7 Å². The van der Waals surface area contributed by atoms with Crippen LogP contribution in [-0.4, -0.2) is 122 Å². The minimum Gasteiger partial charge on any atom is -0.364 e. The summed E-state index contributed by atoms with van der Waals surface area (Å²) in [7, 11) is 14.9. The highest BCUT2D eigenvalue weighted by Crippen LogP contribution is 2.18. The number of primary amides is 1. The van der Waals surface area contributed by atoms with E-state index in [-0.39, 0.29) is 30.0 Å². The highest BCUT2D eigenvalue weighted by atomic mass is 35.5. The Kier molecular flexibility index (Phi) is 16.2. The molecule has 1 fully saturated rings. The number of nitroso groups, excluding NO2 is 1. The summed E-state index contributed by atoms with van der Waals surface area (Å²) >= 11 is 5.44. The number of aromatic nitrogens is 5. The summed E-state index contributed by atoms with van der Waals surface area (Å²) in [5.41, 5.74) is 5.12. The number of alkyl halides is 1. The normalized spacial score (nSPS) is 12.7. The van der Waals surface area contributed by atoms with Gasteiger partial charge in [0.25, 0.3) is 5.91 Å². The number of nitrogens with one attached hydrogen (secondary N) is 2. The number of aromatic amines is 1. The highest BCUT2D eigenvalue weighted by Gasteiger charge is 2.20. The fraction of sp³-hybridized carbons (Fsp3) is 0.667. The maximum Gasteiger partial charge on any atom is 0.340 e. The molecule has 0 saturated heterocycles. The van der Waals surface area contributed by atoms with E-state index < -0.39 is 11.9 Å². The smallest absolute Gasteiger partial charge is 0.340 e. The van der Waals surface area contributed by atoms with Gasteiger partial charge in [0.2, 0.25) is 17.8 Å². The van der Waals surface area contributed by atoms with Crippen molar-refractivity contribution in [1.29, 1.82) is 0 Å². The molecular formula is C24H44ClN15O3. The zero-order valence-electron chi connectivity index (χ0n) is 26.2. The van der Waals surface area contributed by atoms with E-state index in [0.29, 0.717) is 17.8 Å². The van der Waals surface area contributed by atoms with Gasteiger partial charge in [0, 0.05) is 68.3 Å². The molecule has 3 rings (SSSR count). The third-order valence-corrected chi connectivity index (χ3v) is 5.71. The number of hydrogen-bond donors (Lipinski definition) is 3. The molecule has 3 amide bonds. The van der Waals surface area contributed by atoms with Crippen LogP contribution in [0.3, 0.4) is 0 Å². The van der Waals surface area contributed by atoms with Crippen LogP contribution in [0.1, 0.15) is 42.6 Å². The number of H-pyrrole nitrogens is 1. The van der Waals surface area contributed by atoms with Crippen molar-refractivity contribution in [3.63, 3.8) is 0 Å². The van der Waals surface area contributed by atoms with E-state index in [4.69, 9.17) is 17.3 Å². The van der Waals surface area contributed by atoms with Gasteiger partial charge in [-0.1, -0.05) is 24.5 Å². The summed E-state index contributed by atoms with van der Waals surface area (Å²) in [6, 6.07) is -0.247. The molecule has 43 heavy (non-hydrogen) atoms. The first kappa shape index (κ1) is 36.7. The third kappa shape index (κ3) is 13.4. The van der Waals surface area contributed by atoms with Crippen LogP contribution >= 0.6 is 11.6 Å². The number of rotatable bonds is 10. The van der Waals surface area contributed by atoms with Gasteiger partial charge in [-0.2, -0.15) is 20.0 Å². The average Bonchev–Trinajstić information content (AvgIpc) is 3.45. The number of carbonyl (C=O) groups is 2. The standard InChI is InChI=1S/C9H16ClN3O2.C9H18N6.C6H10N6O/c10-6-7-13(12-15)9(14)11-8-4-2-1-3-5-8;1-13(2)7-10-8(14(3)4)12-9(11-7)15(5)6;1-12(2)11-10-6-4(5(7)13)8-3-9-6/h8H,1-7H2,(H,11,14);1-6H3;3H,1-2H3,(H2,7,13)(H,8,9)/b;;11-10+. The molecule has 0 radical (unpaired) electrons. The first-order chi connectivity index (χ1) is 20.3. The average molecular weight is 626 g/mol. The molecule has 1 aliphatic rings. The SMILES string of the molecule is CN(C)/N=N/c1[nH]cnc1C(N)=O.CN(C)c1nc(N(C)C)nc(N(C)C)n1.O=NN(CCCl)C(=O)NC1CCCCC1. The quantitative estimate of drug-likeness (QED) is 0.151. The second kappa shape index (κ2) is 19.0. The van der Waals surface area contributed by atoms with E-state index in [0.717, 1.165) is 30.7 Å². The van der Waals surface area contributed by atoms with E-state index in [1.165, 1.54) is 17.8 Å². The first-order valence-electron chi connectivity index (χ1n) is 13.5. The van der Waals surface area contributed by atoms with Crippen LogP contribution in [0.4, 0.5) is 28.5 Å². The molecule has 4 N–H and O–H groups in total. The number of nitrogens with two attached hydrogens (primary N) is 1. The van der Waals surface area contributed by atoms with Crippen molar-refractivity contribution in [2.45, 2.75) is 38.1 Å². The summed E-state index contributed by atoms with van der Waals surface area (Å²) in [6.45, 7) is 0.156. The van der Waals surface area contributed by atoms with Gasteiger partial charge in [0.1, 0.15) is 0 Å². The summed E-state index contributed by atoms with van der Waals surface area (Å²) < 4.78 is 0. The number of halogens is 1. The minimum atomic E-state index is -0.631. The molecular weight excluding hydrogens is 582 g/mol. The molecule has 0 spiro atoms. The number of amides is 3. The molecule has 240 valence electrons. The Labute approximate surface area is 257 Å². The van der Waals surface area contributed by atoms with Gasteiger partial charge in [-0.25, -0.2) is 9.78 Å². The Morgan fingerprint density at radius 1 is 0.953 bits per heavy atom. The van der Waals surface area contributed by atoms with Crippen LogP contribution in [0.25, 0.3) is 0 Å². The van der Waals surface area contributed by atoms with Crippen molar-refractivity contribution in [2.75, 3.05) is 83.5 Å². The Morgan fingerprint density at radius 2 is 1.47 bits per heavy atom. The number of hydrogen-bond acceptors (Lipinski definition) is 13. The number of imidazole rings is 1. The topological polar surface area (TPSA) is 210 Å². The lowest BCUT2D eigenvalue weighted by Crippen LogP contribution is -2.43. The second-order valence-electron chi connectivity index (χ2n) is 10.1. The zero-order valence-corrected chi connectivity index (χ0v) is 26.9. The minimum absolute atomic E-state index is 0.0885. The molecule has 0 bridgehead atoms. The van der Waals surface area contributed by atoms with Crippen LogP contribution < -0.4 is 25.8 Å². The van der Waals surface area contributed by atoms with Crippen LogP contribution in [-0.2, 0) is 0 Å². The Hall–Kier alpha value is -4.35. The molecule has 2 aromatic rings. The van der Waals surface area contributed by atoms with Crippen molar-refractivity contribution < 1.29 is 9.59 Å². The van der Waals surface area contributed by atoms with E-state index >= 15 is 0 Å². The molecule has 1 saturated carbocycles. The van der Waals surface area contributed by atoms with Crippen LogP contribution in [0.15, 0.2) is 22.0 Å². The largest absolute Gasteiger partial charge is 0.364 e. The fourth-order valence-corrected chi connectivity index (χ4v) is 3.54. The molecule has 0 aromatic carbocycles. The van der Waals surface area contributed by atoms with Crippen molar-refractivity contribution in [3.05, 3.63) is 16.9 Å². The Balaban J connectivity index is 0.000000324. The van der Waals surface area contributed by atoms with Crippen molar-refractivity contribution in [3.8, 4) is 0 Å². The Morgan fingerprint density at radius 3 is 1.86 bits per heavy atom. The van der Waals surface area contributed by atoms with Crippen LogP contribution in [0, 0.1) is 4.91 Å². The van der Waals surface area contributed by atoms with Crippen molar-refractivity contribution in [2.24, 2.45) is 21.4 Å². The number of carbonyl (C=O) groups excluding carboxylic acids is 2. The summed E-state index contributed by atoms with van der Waals surface area (Å²) in [6.07, 6.45) is 6.80. The Bertz CT molecular complexity index is 1100. The van der Waals surface area contributed by atoms with Crippen molar-refractivity contribution in [1.82, 2.24) is 40.3 Å². The van der Waals surface area contributed by atoms with E-state index in [1.807, 2.05) is 57.0 Å². The van der Waals surface area contributed by atoms with Crippen LogP contribution in [0.2, 0.25) is 0 Å².